The van der Waals surface area contributed by atoms with Gasteiger partial charge in [-0.25, -0.2) is 18.2 Å². The molecule has 0 unspecified atom stereocenters. The number of hydrogen-bond acceptors (Lipinski definition) is 4. The predicted molar refractivity (Wildman–Crippen MR) is 82.4 cm³/mol. The van der Waals surface area contributed by atoms with E-state index in [2.05, 4.69) is 20.2 Å². The van der Waals surface area contributed by atoms with E-state index in [4.69, 9.17) is 0 Å². The third-order valence-corrected chi connectivity index (χ3v) is 3.78. The van der Waals surface area contributed by atoms with Crippen molar-refractivity contribution in [3.05, 3.63) is 41.3 Å². The first-order valence-electron chi connectivity index (χ1n) is 7.56. The molecule has 3 rings (SSSR count). The monoisotopic (exact) mass is 322 g/mol. The molecule has 122 valence electrons. The molecule has 1 N–H and O–H groups in total. The molecule has 2 aromatic rings. The molecule has 0 spiro atoms. The molecule has 0 radical (unpaired) electrons. The summed E-state index contributed by atoms with van der Waals surface area (Å²) in [6, 6.07) is 3.65. The molecule has 0 atom stereocenters. The molecule has 4 nitrogen and oxygen atoms in total. The van der Waals surface area contributed by atoms with Crippen molar-refractivity contribution in [2.75, 3.05) is 23.3 Å². The molecule has 0 aliphatic carbocycles. The van der Waals surface area contributed by atoms with Gasteiger partial charge in [-0.2, -0.15) is 4.98 Å². The van der Waals surface area contributed by atoms with Gasteiger partial charge in [-0.1, -0.05) is 0 Å². The Morgan fingerprint density at radius 1 is 1.00 bits per heavy atom. The Morgan fingerprint density at radius 3 is 2.48 bits per heavy atom. The number of piperidine rings is 1. The quantitative estimate of drug-likeness (QED) is 0.869. The lowest BCUT2D eigenvalue weighted by Crippen LogP contribution is -2.31. The highest BCUT2D eigenvalue weighted by molar-refractivity contribution is 5.58. The number of nitrogens with zero attached hydrogens (tertiary/aromatic N) is 3. The van der Waals surface area contributed by atoms with Gasteiger partial charge in [0.2, 0.25) is 5.95 Å². The van der Waals surface area contributed by atoms with Gasteiger partial charge in [-0.15, -0.1) is 0 Å². The first-order valence-corrected chi connectivity index (χ1v) is 7.56. The van der Waals surface area contributed by atoms with Gasteiger partial charge in [0.15, 0.2) is 17.5 Å². The van der Waals surface area contributed by atoms with Gasteiger partial charge in [0.25, 0.3) is 0 Å². The van der Waals surface area contributed by atoms with Gasteiger partial charge >= 0.3 is 0 Å². The van der Waals surface area contributed by atoms with E-state index in [1.54, 1.807) is 6.07 Å². The molecule has 2 heterocycles. The maximum Gasteiger partial charge on any atom is 0.227 e. The minimum Gasteiger partial charge on any atom is -0.341 e. The van der Waals surface area contributed by atoms with Crippen LogP contribution >= 0.6 is 0 Å². The van der Waals surface area contributed by atoms with Crippen LogP contribution in [0.2, 0.25) is 0 Å². The average molecular weight is 322 g/mol. The van der Waals surface area contributed by atoms with Gasteiger partial charge in [-0.05, 0) is 38.3 Å². The summed E-state index contributed by atoms with van der Waals surface area (Å²) >= 11 is 0. The summed E-state index contributed by atoms with van der Waals surface area (Å²) in [5, 5.41) is 2.70. The van der Waals surface area contributed by atoms with Crippen LogP contribution in [0.4, 0.5) is 30.6 Å². The van der Waals surface area contributed by atoms with Crippen molar-refractivity contribution in [1.82, 2.24) is 9.97 Å². The number of rotatable bonds is 3. The van der Waals surface area contributed by atoms with Crippen molar-refractivity contribution in [3.63, 3.8) is 0 Å². The summed E-state index contributed by atoms with van der Waals surface area (Å²) in [7, 11) is 0. The summed E-state index contributed by atoms with van der Waals surface area (Å²) in [6.07, 6.45) is 3.35. The fraction of sp³-hybridized carbons (Fsp3) is 0.375. The van der Waals surface area contributed by atoms with Crippen molar-refractivity contribution in [2.24, 2.45) is 0 Å². The Kier molecular flexibility index (Phi) is 4.36. The third kappa shape index (κ3) is 3.38. The van der Waals surface area contributed by atoms with Crippen LogP contribution in [0.5, 0.6) is 0 Å². The summed E-state index contributed by atoms with van der Waals surface area (Å²) < 4.78 is 40.1. The number of anilines is 3. The SMILES string of the molecule is Cc1cc(Nc2ccc(F)c(F)c2F)nc(N2CCCCC2)n1. The van der Waals surface area contributed by atoms with Crippen molar-refractivity contribution >= 4 is 17.5 Å². The molecule has 1 fully saturated rings. The van der Waals surface area contributed by atoms with E-state index in [1.165, 1.54) is 6.42 Å². The van der Waals surface area contributed by atoms with E-state index < -0.39 is 17.5 Å². The van der Waals surface area contributed by atoms with Crippen molar-refractivity contribution < 1.29 is 13.2 Å². The summed E-state index contributed by atoms with van der Waals surface area (Å²) in [4.78, 5) is 10.8. The molecule has 23 heavy (non-hydrogen) atoms. The Labute approximate surface area is 132 Å². The highest BCUT2D eigenvalue weighted by Gasteiger charge is 2.17. The minimum absolute atomic E-state index is 0.161. The van der Waals surface area contributed by atoms with E-state index in [0.29, 0.717) is 17.5 Å². The summed E-state index contributed by atoms with van der Waals surface area (Å²) in [5.41, 5.74) is 0.553. The van der Waals surface area contributed by atoms with Crippen molar-refractivity contribution in [3.8, 4) is 0 Å². The van der Waals surface area contributed by atoms with Gasteiger partial charge in [0.1, 0.15) is 5.82 Å². The van der Waals surface area contributed by atoms with Crippen LogP contribution in [0, 0.1) is 24.4 Å². The molecule has 1 aromatic heterocycles. The third-order valence-electron chi connectivity index (χ3n) is 3.78. The van der Waals surface area contributed by atoms with Crippen LogP contribution in [-0.2, 0) is 0 Å². The Morgan fingerprint density at radius 2 is 1.74 bits per heavy atom. The zero-order valence-electron chi connectivity index (χ0n) is 12.7. The molecule has 1 aliphatic heterocycles. The maximum atomic E-state index is 13.8. The fourth-order valence-corrected chi connectivity index (χ4v) is 2.61. The van der Waals surface area contributed by atoms with Gasteiger partial charge in [0.05, 0.1) is 5.69 Å². The number of nitrogens with one attached hydrogen (secondary N) is 1. The second-order valence-electron chi connectivity index (χ2n) is 5.59. The predicted octanol–water partition coefficient (Wildman–Crippen LogP) is 3.94. The van der Waals surface area contributed by atoms with Crippen molar-refractivity contribution in [1.29, 1.82) is 0 Å². The molecule has 7 heteroatoms. The summed E-state index contributed by atoms with van der Waals surface area (Å²) in [6.45, 7) is 3.56. The lowest BCUT2D eigenvalue weighted by atomic mass is 10.1. The van der Waals surface area contributed by atoms with Crippen LogP contribution in [0.1, 0.15) is 25.0 Å². The van der Waals surface area contributed by atoms with E-state index in [9.17, 15) is 13.2 Å². The smallest absolute Gasteiger partial charge is 0.227 e. The molecule has 1 aromatic carbocycles. The van der Waals surface area contributed by atoms with Crippen LogP contribution in [0.25, 0.3) is 0 Å². The van der Waals surface area contributed by atoms with E-state index in [-0.39, 0.29) is 5.69 Å². The number of benzene rings is 1. The van der Waals surface area contributed by atoms with Crippen LogP contribution in [-0.4, -0.2) is 23.1 Å². The fourth-order valence-electron chi connectivity index (χ4n) is 2.61. The Balaban J connectivity index is 1.88. The summed E-state index contributed by atoms with van der Waals surface area (Å²) in [5.74, 6) is -3.07. The highest BCUT2D eigenvalue weighted by atomic mass is 19.2. The number of aryl methyl sites for hydroxylation is 1. The molecule has 0 saturated carbocycles. The molecule has 1 aliphatic rings. The minimum atomic E-state index is -1.50. The number of hydrogen-bond donors (Lipinski definition) is 1. The Hall–Kier alpha value is -2.31. The zero-order valence-corrected chi connectivity index (χ0v) is 12.7. The van der Waals surface area contributed by atoms with Crippen LogP contribution < -0.4 is 10.2 Å². The Bertz CT molecular complexity index is 715. The second kappa shape index (κ2) is 6.44. The molecule has 1 saturated heterocycles. The van der Waals surface area contributed by atoms with E-state index in [1.807, 2.05) is 6.92 Å². The van der Waals surface area contributed by atoms with Gasteiger partial charge in [0, 0.05) is 24.8 Å². The number of aromatic nitrogens is 2. The molecular formula is C16H17F3N4. The lowest BCUT2D eigenvalue weighted by Gasteiger charge is -2.27. The van der Waals surface area contributed by atoms with Crippen LogP contribution in [0.15, 0.2) is 18.2 Å². The lowest BCUT2D eigenvalue weighted by molar-refractivity contribution is 0.449. The van der Waals surface area contributed by atoms with Gasteiger partial charge < -0.3 is 10.2 Å². The zero-order chi connectivity index (χ0) is 16.4. The van der Waals surface area contributed by atoms with E-state index >= 15 is 0 Å². The highest BCUT2D eigenvalue weighted by Crippen LogP contribution is 2.24. The largest absolute Gasteiger partial charge is 0.341 e. The first kappa shape index (κ1) is 15.6. The van der Waals surface area contributed by atoms with Gasteiger partial charge in [-0.3, -0.25) is 0 Å². The van der Waals surface area contributed by atoms with Crippen LogP contribution in [0.3, 0.4) is 0 Å². The van der Waals surface area contributed by atoms with E-state index in [0.717, 1.165) is 38.1 Å². The molecule has 0 amide bonds. The second-order valence-corrected chi connectivity index (χ2v) is 5.59. The molecule has 0 bridgehead atoms. The normalized spacial score (nSPS) is 14.9. The molecular weight excluding hydrogens is 305 g/mol. The first-order chi connectivity index (χ1) is 11.0. The topological polar surface area (TPSA) is 41.1 Å². The average Bonchev–Trinajstić information content (AvgIpc) is 2.56. The maximum absolute atomic E-state index is 13.8. The van der Waals surface area contributed by atoms with Crippen molar-refractivity contribution in [2.45, 2.75) is 26.2 Å². The number of halogens is 3. The standard InChI is InChI=1S/C16H17F3N4/c1-10-9-13(21-12-6-5-11(17)14(18)15(12)19)22-16(20-10)23-7-3-2-4-8-23/h5-6,9H,2-4,7-8H2,1H3,(H,20,21,22).